The van der Waals surface area contributed by atoms with Crippen LogP contribution >= 0.6 is 11.3 Å². The number of carbonyl (C=O) groups excluding carboxylic acids is 1. The van der Waals surface area contributed by atoms with Crippen molar-refractivity contribution < 1.29 is 4.79 Å². The first-order valence-electron chi connectivity index (χ1n) is 7.82. The molecular weight excluding hydrogens is 306 g/mol. The predicted octanol–water partition coefficient (Wildman–Crippen LogP) is 1.83. The number of rotatable bonds is 1. The van der Waals surface area contributed by atoms with E-state index in [1.165, 1.54) is 11.3 Å². The van der Waals surface area contributed by atoms with Gasteiger partial charge < -0.3 is 10.2 Å². The summed E-state index contributed by atoms with van der Waals surface area (Å²) in [6.45, 7) is 3.79. The molecule has 2 atom stereocenters. The van der Waals surface area contributed by atoms with Crippen LogP contribution in [0, 0.1) is 23.7 Å². The summed E-state index contributed by atoms with van der Waals surface area (Å²) in [5, 5.41) is 4.09. The monoisotopic (exact) mass is 323 g/mol. The van der Waals surface area contributed by atoms with E-state index in [9.17, 15) is 4.79 Å². The fourth-order valence-electron chi connectivity index (χ4n) is 3.25. The van der Waals surface area contributed by atoms with Crippen LogP contribution < -0.4 is 5.32 Å². The van der Waals surface area contributed by atoms with Crippen molar-refractivity contribution in [3.05, 3.63) is 52.0 Å². The van der Waals surface area contributed by atoms with E-state index >= 15 is 0 Å². The van der Waals surface area contributed by atoms with E-state index in [-0.39, 0.29) is 5.91 Å². The second kappa shape index (κ2) is 6.15. The molecule has 0 radical (unpaired) electrons. The van der Waals surface area contributed by atoms with Gasteiger partial charge in [-0.25, -0.2) is 4.98 Å². The summed E-state index contributed by atoms with van der Waals surface area (Å²) in [4.78, 5) is 19.5. The molecule has 0 aliphatic carbocycles. The zero-order valence-electron chi connectivity index (χ0n) is 12.7. The van der Waals surface area contributed by atoms with E-state index in [4.69, 9.17) is 0 Å². The van der Waals surface area contributed by atoms with Crippen LogP contribution in [0.2, 0.25) is 0 Å². The Morgan fingerprint density at radius 1 is 1.17 bits per heavy atom. The summed E-state index contributed by atoms with van der Waals surface area (Å²) in [5.41, 5.74) is 0.954. The first kappa shape index (κ1) is 14.4. The topological polar surface area (TPSA) is 45.2 Å². The lowest BCUT2D eigenvalue weighted by atomic mass is 10.0. The number of amides is 1. The molecule has 2 unspecified atom stereocenters. The van der Waals surface area contributed by atoms with Gasteiger partial charge in [0.2, 0.25) is 0 Å². The molecule has 1 aromatic carbocycles. The molecule has 2 saturated heterocycles. The van der Waals surface area contributed by atoms with E-state index in [1.807, 2.05) is 35.2 Å². The number of nitrogens with zero attached hydrogens (tertiary/aromatic N) is 2. The van der Waals surface area contributed by atoms with Gasteiger partial charge in [-0.2, -0.15) is 0 Å². The number of nitrogens with one attached hydrogen (secondary N) is 1. The lowest BCUT2D eigenvalue weighted by Gasteiger charge is -2.15. The predicted molar refractivity (Wildman–Crippen MR) is 90.3 cm³/mol. The van der Waals surface area contributed by atoms with Crippen LogP contribution in [0.3, 0.4) is 0 Å². The highest BCUT2D eigenvalue weighted by Gasteiger charge is 2.38. The maximum Gasteiger partial charge on any atom is 0.265 e. The van der Waals surface area contributed by atoms with Crippen LogP contribution in [-0.2, 0) is 0 Å². The highest BCUT2D eigenvalue weighted by Crippen LogP contribution is 2.28. The molecule has 1 N–H and O–H groups in total. The third-order valence-corrected chi connectivity index (χ3v) is 5.38. The summed E-state index contributed by atoms with van der Waals surface area (Å²) in [6.07, 6.45) is 1.66. The molecule has 0 bridgehead atoms. The molecule has 116 valence electrons. The fourth-order valence-corrected chi connectivity index (χ4v) is 3.99. The van der Waals surface area contributed by atoms with Gasteiger partial charge in [0.15, 0.2) is 5.01 Å². The van der Waals surface area contributed by atoms with E-state index in [1.54, 1.807) is 6.20 Å². The molecule has 23 heavy (non-hydrogen) atoms. The first-order valence-corrected chi connectivity index (χ1v) is 8.64. The number of benzene rings is 1. The van der Waals surface area contributed by atoms with Gasteiger partial charge in [-0.05, 0) is 29.9 Å². The maximum atomic E-state index is 12.6. The van der Waals surface area contributed by atoms with Gasteiger partial charge in [-0.3, -0.25) is 4.79 Å². The second-order valence-corrected chi connectivity index (χ2v) is 7.06. The van der Waals surface area contributed by atoms with Crippen LogP contribution in [0.15, 0.2) is 36.5 Å². The number of likely N-dealkylation sites (tertiary alicyclic amines) is 1. The number of hydrogen-bond donors (Lipinski definition) is 1. The maximum absolute atomic E-state index is 12.6. The summed E-state index contributed by atoms with van der Waals surface area (Å²) >= 11 is 1.38. The van der Waals surface area contributed by atoms with Crippen LogP contribution in [0.5, 0.6) is 0 Å². The molecule has 0 spiro atoms. The van der Waals surface area contributed by atoms with Crippen molar-refractivity contribution in [2.24, 2.45) is 11.8 Å². The van der Waals surface area contributed by atoms with Gasteiger partial charge in [0.1, 0.15) is 4.88 Å². The van der Waals surface area contributed by atoms with Crippen molar-refractivity contribution in [1.82, 2.24) is 15.2 Å². The van der Waals surface area contributed by atoms with Crippen molar-refractivity contribution in [2.45, 2.75) is 0 Å². The molecule has 1 amide bonds. The number of hydrogen-bond acceptors (Lipinski definition) is 4. The normalized spacial score (nSPS) is 22.5. The average molecular weight is 323 g/mol. The van der Waals surface area contributed by atoms with E-state index < -0.39 is 0 Å². The Morgan fingerprint density at radius 3 is 2.65 bits per heavy atom. The molecule has 2 fully saturated rings. The van der Waals surface area contributed by atoms with Gasteiger partial charge in [0.25, 0.3) is 5.91 Å². The Morgan fingerprint density at radius 2 is 1.91 bits per heavy atom. The molecule has 1 aromatic heterocycles. The van der Waals surface area contributed by atoms with E-state index in [0.717, 1.165) is 31.7 Å². The number of fused-ring (bicyclic) bond motifs is 1. The van der Waals surface area contributed by atoms with Crippen LogP contribution in [0.4, 0.5) is 0 Å². The third-order valence-electron chi connectivity index (χ3n) is 4.48. The standard InChI is InChI=1S/C18H17N3OS/c22-18(21-11-14-8-19-9-15(14)12-21)16-10-20-17(23-16)7-6-13-4-2-1-3-5-13/h1-5,10,14-15,19H,8-9,11-12H2. The van der Waals surface area contributed by atoms with Gasteiger partial charge in [0, 0.05) is 31.7 Å². The Balaban J connectivity index is 1.46. The molecule has 4 nitrogen and oxygen atoms in total. The lowest BCUT2D eigenvalue weighted by molar-refractivity contribution is 0.0786. The van der Waals surface area contributed by atoms with Crippen molar-refractivity contribution in [3.8, 4) is 11.8 Å². The number of aromatic nitrogens is 1. The highest BCUT2D eigenvalue weighted by molar-refractivity contribution is 7.14. The minimum atomic E-state index is 0.102. The summed E-state index contributed by atoms with van der Waals surface area (Å²) in [7, 11) is 0. The molecule has 3 heterocycles. The Hall–Kier alpha value is -2.16. The molecular formula is C18H17N3OS. The number of carbonyl (C=O) groups is 1. The van der Waals surface area contributed by atoms with E-state index in [2.05, 4.69) is 22.1 Å². The molecule has 5 heteroatoms. The van der Waals surface area contributed by atoms with Gasteiger partial charge >= 0.3 is 0 Å². The Bertz CT molecular complexity index is 762. The van der Waals surface area contributed by atoms with Gasteiger partial charge in [0.05, 0.1) is 6.20 Å². The van der Waals surface area contributed by atoms with Crippen LogP contribution in [-0.4, -0.2) is 42.0 Å². The van der Waals surface area contributed by atoms with Crippen molar-refractivity contribution in [2.75, 3.05) is 26.2 Å². The summed E-state index contributed by atoms with van der Waals surface area (Å²) in [5.74, 6) is 7.45. The first-order chi connectivity index (χ1) is 11.3. The largest absolute Gasteiger partial charge is 0.337 e. The van der Waals surface area contributed by atoms with E-state index in [0.29, 0.717) is 21.7 Å². The average Bonchev–Trinajstić information content (AvgIpc) is 3.28. The summed E-state index contributed by atoms with van der Waals surface area (Å²) in [6, 6.07) is 9.81. The highest BCUT2D eigenvalue weighted by atomic mass is 32.1. The Labute approximate surface area is 139 Å². The molecule has 2 aromatic rings. The van der Waals surface area contributed by atoms with Gasteiger partial charge in [-0.1, -0.05) is 24.1 Å². The van der Waals surface area contributed by atoms with Crippen molar-refractivity contribution >= 4 is 17.2 Å². The zero-order chi connectivity index (χ0) is 15.6. The van der Waals surface area contributed by atoms with Crippen molar-refractivity contribution in [3.63, 3.8) is 0 Å². The van der Waals surface area contributed by atoms with Crippen LogP contribution in [0.1, 0.15) is 20.2 Å². The molecule has 2 aliphatic heterocycles. The summed E-state index contributed by atoms with van der Waals surface area (Å²) < 4.78 is 0. The molecule has 4 rings (SSSR count). The number of thiazole rings is 1. The zero-order valence-corrected chi connectivity index (χ0v) is 13.5. The molecule has 0 saturated carbocycles. The quantitative estimate of drug-likeness (QED) is 0.815. The third kappa shape index (κ3) is 3.00. The molecule has 2 aliphatic rings. The van der Waals surface area contributed by atoms with Gasteiger partial charge in [-0.15, -0.1) is 11.3 Å². The fraction of sp³-hybridized carbons (Fsp3) is 0.333. The smallest absolute Gasteiger partial charge is 0.265 e. The van der Waals surface area contributed by atoms with Crippen LogP contribution in [0.25, 0.3) is 0 Å². The van der Waals surface area contributed by atoms with Crippen molar-refractivity contribution in [1.29, 1.82) is 0 Å². The lowest BCUT2D eigenvalue weighted by Crippen LogP contribution is -2.31. The second-order valence-electron chi connectivity index (χ2n) is 6.03. The Kier molecular flexibility index (Phi) is 3.86. The minimum absolute atomic E-state index is 0.102. The SMILES string of the molecule is O=C(c1cnc(C#Cc2ccccc2)s1)N1CC2CNCC2C1. The minimum Gasteiger partial charge on any atom is -0.337 e.